The van der Waals surface area contributed by atoms with Crippen molar-refractivity contribution in [1.82, 2.24) is 4.72 Å². The fraction of sp³-hybridized carbons (Fsp3) is 0.400. The third-order valence-corrected chi connectivity index (χ3v) is 4.53. The normalized spacial score (nSPS) is 13.6. The van der Waals surface area contributed by atoms with E-state index in [-0.39, 0.29) is 17.5 Å². The molecule has 0 amide bonds. The van der Waals surface area contributed by atoms with Gasteiger partial charge in [-0.25, -0.2) is 17.5 Å². The van der Waals surface area contributed by atoms with Crippen LogP contribution in [-0.2, 0) is 10.0 Å². The van der Waals surface area contributed by atoms with Gasteiger partial charge < -0.3 is 5.73 Å². The molecule has 0 radical (unpaired) electrons. The van der Waals surface area contributed by atoms with Gasteiger partial charge in [0.2, 0.25) is 10.0 Å². The van der Waals surface area contributed by atoms with Crippen molar-refractivity contribution < 1.29 is 12.8 Å². The molecule has 1 aromatic carbocycles. The average Bonchev–Trinajstić information content (AvgIpc) is 2.20. The van der Waals surface area contributed by atoms with Gasteiger partial charge in [0.25, 0.3) is 0 Å². The lowest BCUT2D eigenvalue weighted by Gasteiger charge is -2.09. The van der Waals surface area contributed by atoms with Crippen molar-refractivity contribution in [1.29, 1.82) is 0 Å². The van der Waals surface area contributed by atoms with Gasteiger partial charge in [-0.05, 0) is 47.5 Å². The summed E-state index contributed by atoms with van der Waals surface area (Å²) in [5.41, 5.74) is 5.51. The van der Waals surface area contributed by atoms with Crippen LogP contribution in [0.25, 0.3) is 0 Å². The van der Waals surface area contributed by atoms with Crippen molar-refractivity contribution in [2.75, 3.05) is 6.54 Å². The van der Waals surface area contributed by atoms with Crippen LogP contribution in [0, 0.1) is 5.82 Å². The van der Waals surface area contributed by atoms with Gasteiger partial charge in [0.1, 0.15) is 5.82 Å². The van der Waals surface area contributed by atoms with Crippen molar-refractivity contribution in [2.45, 2.75) is 24.3 Å². The lowest BCUT2D eigenvalue weighted by atomic mass is 10.3. The molecular formula is C10H14BrFN2O2S. The van der Waals surface area contributed by atoms with Crippen LogP contribution in [0.1, 0.15) is 13.3 Å². The Labute approximate surface area is 109 Å². The largest absolute Gasteiger partial charge is 0.328 e. The number of sulfonamides is 1. The molecule has 96 valence electrons. The van der Waals surface area contributed by atoms with E-state index < -0.39 is 15.8 Å². The maximum absolute atomic E-state index is 13.0. The molecule has 4 nitrogen and oxygen atoms in total. The molecule has 0 aromatic heterocycles. The van der Waals surface area contributed by atoms with Crippen molar-refractivity contribution in [3.8, 4) is 0 Å². The zero-order chi connectivity index (χ0) is 13.1. The lowest BCUT2D eigenvalue weighted by molar-refractivity contribution is 0.568. The van der Waals surface area contributed by atoms with E-state index in [1.165, 1.54) is 12.1 Å². The molecule has 0 fully saturated rings. The number of nitrogens with two attached hydrogens (primary N) is 1. The fourth-order valence-corrected chi connectivity index (χ4v) is 3.20. The van der Waals surface area contributed by atoms with Crippen molar-refractivity contribution in [3.05, 3.63) is 28.5 Å². The summed E-state index contributed by atoms with van der Waals surface area (Å²) in [6.45, 7) is 2.01. The zero-order valence-corrected chi connectivity index (χ0v) is 11.7. The van der Waals surface area contributed by atoms with Crippen LogP contribution >= 0.6 is 15.9 Å². The van der Waals surface area contributed by atoms with Crippen LogP contribution in [0.4, 0.5) is 4.39 Å². The highest BCUT2D eigenvalue weighted by Gasteiger charge is 2.17. The van der Waals surface area contributed by atoms with Gasteiger partial charge in [0.05, 0.1) is 4.90 Å². The highest BCUT2D eigenvalue weighted by molar-refractivity contribution is 9.10. The second-order valence-electron chi connectivity index (χ2n) is 3.74. The molecule has 0 saturated heterocycles. The number of hydrogen-bond donors (Lipinski definition) is 2. The molecular weight excluding hydrogens is 311 g/mol. The zero-order valence-electron chi connectivity index (χ0n) is 9.28. The minimum absolute atomic E-state index is 0.0892. The number of benzene rings is 1. The smallest absolute Gasteiger partial charge is 0.241 e. The molecule has 0 heterocycles. The Morgan fingerprint density at radius 2 is 2.18 bits per heavy atom. The standard InChI is InChI=1S/C10H14BrFN2O2S/c1-7(13)4-5-14-17(15,16)10-6-8(12)2-3-9(10)11/h2-3,6-7,14H,4-5,13H2,1H3. The summed E-state index contributed by atoms with van der Waals surface area (Å²) in [4.78, 5) is -0.109. The van der Waals surface area contributed by atoms with Gasteiger partial charge in [0.15, 0.2) is 0 Å². The average molecular weight is 325 g/mol. The van der Waals surface area contributed by atoms with Gasteiger partial charge >= 0.3 is 0 Å². The lowest BCUT2D eigenvalue weighted by Crippen LogP contribution is -2.29. The Bertz CT molecular complexity index is 491. The van der Waals surface area contributed by atoms with Gasteiger partial charge in [-0.2, -0.15) is 0 Å². The van der Waals surface area contributed by atoms with E-state index in [0.29, 0.717) is 10.9 Å². The highest BCUT2D eigenvalue weighted by Crippen LogP contribution is 2.22. The molecule has 0 aliphatic rings. The molecule has 0 spiro atoms. The summed E-state index contributed by atoms with van der Waals surface area (Å²) in [7, 11) is -3.70. The third kappa shape index (κ3) is 4.34. The van der Waals surface area contributed by atoms with E-state index >= 15 is 0 Å². The molecule has 0 saturated carbocycles. The maximum atomic E-state index is 13.0. The van der Waals surface area contributed by atoms with Gasteiger partial charge in [-0.15, -0.1) is 0 Å². The van der Waals surface area contributed by atoms with Gasteiger partial charge in [0, 0.05) is 17.1 Å². The fourth-order valence-electron chi connectivity index (χ4n) is 1.18. The van der Waals surface area contributed by atoms with Crippen LogP contribution in [0.15, 0.2) is 27.6 Å². The molecule has 7 heteroatoms. The minimum atomic E-state index is -3.70. The summed E-state index contributed by atoms with van der Waals surface area (Å²) < 4.78 is 39.4. The first-order valence-electron chi connectivity index (χ1n) is 5.03. The quantitative estimate of drug-likeness (QED) is 0.864. The molecule has 0 aliphatic heterocycles. The van der Waals surface area contributed by atoms with E-state index in [1.807, 2.05) is 0 Å². The second kappa shape index (κ2) is 5.90. The van der Waals surface area contributed by atoms with Crippen molar-refractivity contribution in [3.63, 3.8) is 0 Å². The van der Waals surface area contributed by atoms with Crippen LogP contribution in [-0.4, -0.2) is 21.0 Å². The number of nitrogens with one attached hydrogen (secondary N) is 1. The number of rotatable bonds is 5. The topological polar surface area (TPSA) is 72.2 Å². The van der Waals surface area contributed by atoms with Crippen LogP contribution < -0.4 is 10.5 Å². The first-order valence-corrected chi connectivity index (χ1v) is 7.31. The summed E-state index contributed by atoms with van der Waals surface area (Å²) in [5.74, 6) is -0.597. The molecule has 1 aromatic rings. The van der Waals surface area contributed by atoms with E-state index in [2.05, 4.69) is 20.7 Å². The Morgan fingerprint density at radius 1 is 1.53 bits per heavy atom. The Hall–Kier alpha value is -0.500. The summed E-state index contributed by atoms with van der Waals surface area (Å²) in [5, 5.41) is 0. The molecule has 1 unspecified atom stereocenters. The molecule has 1 rings (SSSR count). The van der Waals surface area contributed by atoms with Gasteiger partial charge in [-0.1, -0.05) is 0 Å². The third-order valence-electron chi connectivity index (χ3n) is 2.07. The predicted octanol–water partition coefficient (Wildman–Crippen LogP) is 1.60. The predicted molar refractivity (Wildman–Crippen MR) is 67.6 cm³/mol. The second-order valence-corrected chi connectivity index (χ2v) is 6.33. The molecule has 0 bridgehead atoms. The Balaban J connectivity index is 2.86. The van der Waals surface area contributed by atoms with Crippen LogP contribution in [0.3, 0.4) is 0 Å². The summed E-state index contributed by atoms with van der Waals surface area (Å²) >= 11 is 3.08. The number of hydrogen-bond acceptors (Lipinski definition) is 3. The van der Waals surface area contributed by atoms with Gasteiger partial charge in [-0.3, -0.25) is 0 Å². The Kier molecular flexibility index (Phi) is 5.05. The first-order chi connectivity index (χ1) is 7.83. The van der Waals surface area contributed by atoms with Crippen LogP contribution in [0.5, 0.6) is 0 Å². The summed E-state index contributed by atoms with van der Waals surface area (Å²) in [6.07, 6.45) is 0.520. The minimum Gasteiger partial charge on any atom is -0.328 e. The van der Waals surface area contributed by atoms with E-state index in [9.17, 15) is 12.8 Å². The van der Waals surface area contributed by atoms with Crippen molar-refractivity contribution in [2.24, 2.45) is 5.73 Å². The monoisotopic (exact) mass is 324 g/mol. The SMILES string of the molecule is CC(N)CCNS(=O)(=O)c1cc(F)ccc1Br. The molecule has 1 atom stereocenters. The maximum Gasteiger partial charge on any atom is 0.241 e. The Morgan fingerprint density at radius 3 is 2.76 bits per heavy atom. The van der Waals surface area contributed by atoms with Crippen LogP contribution in [0.2, 0.25) is 0 Å². The van der Waals surface area contributed by atoms with E-state index in [4.69, 9.17) is 5.73 Å². The molecule has 0 aliphatic carbocycles. The van der Waals surface area contributed by atoms with E-state index in [1.54, 1.807) is 6.92 Å². The summed E-state index contributed by atoms with van der Waals surface area (Å²) in [6, 6.07) is 3.42. The molecule has 3 N–H and O–H groups in total. The van der Waals surface area contributed by atoms with E-state index in [0.717, 1.165) is 6.07 Å². The molecule has 17 heavy (non-hydrogen) atoms. The first kappa shape index (κ1) is 14.6. The number of halogens is 2. The highest BCUT2D eigenvalue weighted by atomic mass is 79.9. The van der Waals surface area contributed by atoms with Crippen molar-refractivity contribution >= 4 is 26.0 Å².